The topological polar surface area (TPSA) is 78.2 Å². The van der Waals surface area contributed by atoms with E-state index in [-0.39, 0.29) is 23.2 Å². The Morgan fingerprint density at radius 2 is 2.00 bits per heavy atom. The molecular formula is C31H42FN7O2. The van der Waals surface area contributed by atoms with E-state index in [4.69, 9.17) is 4.74 Å². The van der Waals surface area contributed by atoms with E-state index in [1.807, 2.05) is 9.42 Å². The van der Waals surface area contributed by atoms with Gasteiger partial charge in [0.15, 0.2) is 5.65 Å². The molecule has 0 saturated carbocycles. The molecule has 0 radical (unpaired) electrons. The number of hydrogen-bond acceptors (Lipinski definition) is 7. The maximum absolute atomic E-state index is 14.2. The van der Waals surface area contributed by atoms with Gasteiger partial charge in [0.2, 0.25) is 5.91 Å². The number of halogens is 1. The van der Waals surface area contributed by atoms with Gasteiger partial charge in [-0.1, -0.05) is 32.9 Å². The fraction of sp³-hybridized carbons (Fsp3) is 0.581. The highest BCUT2D eigenvalue weighted by Gasteiger charge is 2.42. The summed E-state index contributed by atoms with van der Waals surface area (Å²) in [5.41, 5.74) is 4.35. The third kappa shape index (κ3) is 5.62. The summed E-state index contributed by atoms with van der Waals surface area (Å²) in [4.78, 5) is 25.6. The third-order valence-corrected chi connectivity index (χ3v) is 9.03. The Labute approximate surface area is 241 Å². The lowest BCUT2D eigenvalue weighted by Gasteiger charge is -2.44. The molecule has 2 saturated heterocycles. The molecule has 1 N–H and O–H groups in total. The molecule has 3 aliphatic heterocycles. The van der Waals surface area contributed by atoms with Gasteiger partial charge in [-0.2, -0.15) is 5.10 Å². The van der Waals surface area contributed by atoms with Crippen molar-refractivity contribution in [1.29, 1.82) is 0 Å². The van der Waals surface area contributed by atoms with Crippen LogP contribution >= 0.6 is 0 Å². The molecule has 10 heteroatoms. The van der Waals surface area contributed by atoms with Gasteiger partial charge in [0.05, 0.1) is 31.1 Å². The van der Waals surface area contributed by atoms with Crippen LogP contribution in [0.1, 0.15) is 50.9 Å². The van der Waals surface area contributed by atoms with Crippen LogP contribution in [0, 0.1) is 5.82 Å². The molecule has 0 spiro atoms. The first-order valence-corrected chi connectivity index (χ1v) is 14.9. The van der Waals surface area contributed by atoms with Crippen LogP contribution in [0.4, 0.5) is 10.1 Å². The van der Waals surface area contributed by atoms with Gasteiger partial charge in [-0.25, -0.2) is 13.9 Å². The highest BCUT2D eigenvalue weighted by Crippen LogP contribution is 2.42. The molecule has 5 heterocycles. The van der Waals surface area contributed by atoms with E-state index in [0.29, 0.717) is 31.6 Å². The largest absolute Gasteiger partial charge is 0.378 e. The number of pyridine rings is 1. The second-order valence-electron chi connectivity index (χ2n) is 12.6. The first-order chi connectivity index (χ1) is 19.7. The fourth-order valence-corrected chi connectivity index (χ4v) is 6.84. The first-order valence-electron chi connectivity index (χ1n) is 14.9. The number of carbonyl (C=O) groups is 1. The van der Waals surface area contributed by atoms with E-state index in [9.17, 15) is 9.18 Å². The van der Waals surface area contributed by atoms with Gasteiger partial charge in [0, 0.05) is 68.2 Å². The van der Waals surface area contributed by atoms with Crippen LogP contribution in [0.15, 0.2) is 36.7 Å². The number of benzene rings is 1. The summed E-state index contributed by atoms with van der Waals surface area (Å²) >= 11 is 0. The van der Waals surface area contributed by atoms with Crippen LogP contribution in [0.2, 0.25) is 0 Å². The quantitative estimate of drug-likeness (QED) is 0.474. The number of anilines is 1. The lowest BCUT2D eigenvalue weighted by molar-refractivity contribution is -0.121. The van der Waals surface area contributed by atoms with Crippen LogP contribution in [-0.2, 0) is 21.4 Å². The summed E-state index contributed by atoms with van der Waals surface area (Å²) in [6.45, 7) is 14.8. The molecule has 0 aliphatic carbocycles. The number of carbonyl (C=O) groups excluding carboxylic acids is 1. The van der Waals surface area contributed by atoms with Gasteiger partial charge in [0.1, 0.15) is 12.1 Å². The van der Waals surface area contributed by atoms with Crippen LogP contribution in [0.5, 0.6) is 0 Å². The summed E-state index contributed by atoms with van der Waals surface area (Å²) in [6.07, 6.45) is 3.21. The second kappa shape index (κ2) is 11.4. The Kier molecular flexibility index (Phi) is 7.84. The number of hydrogen-bond donors (Lipinski definition) is 1. The lowest BCUT2D eigenvalue weighted by Crippen LogP contribution is -2.62. The number of amides is 1. The normalized spacial score (nSPS) is 25.1. The minimum absolute atomic E-state index is 0.108. The van der Waals surface area contributed by atoms with Crippen molar-refractivity contribution in [1.82, 2.24) is 29.7 Å². The zero-order valence-corrected chi connectivity index (χ0v) is 24.6. The molecule has 41 heavy (non-hydrogen) atoms. The number of nitrogens with zero attached hydrogens (tertiary/aromatic N) is 6. The molecule has 3 atom stereocenters. The molecule has 3 aromatic rings. The number of piperazine rings is 1. The average molecular weight is 564 g/mol. The molecule has 1 aromatic carbocycles. The van der Waals surface area contributed by atoms with Crippen molar-refractivity contribution in [3.63, 3.8) is 0 Å². The Hall–Kier alpha value is -2.92. The van der Waals surface area contributed by atoms with Crippen LogP contribution < -0.4 is 10.2 Å². The molecule has 2 fully saturated rings. The van der Waals surface area contributed by atoms with Gasteiger partial charge in [0.25, 0.3) is 0 Å². The molecule has 9 nitrogen and oxygen atoms in total. The number of aromatic nitrogens is 3. The van der Waals surface area contributed by atoms with E-state index >= 15 is 0 Å². The van der Waals surface area contributed by atoms with Crippen LogP contribution in [0.3, 0.4) is 0 Å². The number of fused-ring (bicyclic) bond motifs is 3. The molecule has 220 valence electrons. The van der Waals surface area contributed by atoms with E-state index in [1.165, 1.54) is 12.1 Å². The van der Waals surface area contributed by atoms with Crippen molar-refractivity contribution in [2.24, 2.45) is 0 Å². The number of nitrogens with one attached hydrogen (secondary N) is 1. The van der Waals surface area contributed by atoms with Crippen LogP contribution in [0.25, 0.3) is 5.65 Å². The predicted octanol–water partition coefficient (Wildman–Crippen LogP) is 2.86. The minimum Gasteiger partial charge on any atom is -0.378 e. The number of morpholine rings is 1. The maximum atomic E-state index is 14.2. The van der Waals surface area contributed by atoms with E-state index < -0.39 is 0 Å². The first kappa shape index (κ1) is 28.2. The third-order valence-electron chi connectivity index (χ3n) is 9.03. The Morgan fingerprint density at radius 1 is 1.20 bits per heavy atom. The average Bonchev–Trinajstić information content (AvgIpc) is 3.54. The molecule has 3 aliphatic rings. The monoisotopic (exact) mass is 563 g/mol. The highest BCUT2D eigenvalue weighted by molar-refractivity contribution is 5.97. The van der Waals surface area contributed by atoms with Gasteiger partial charge < -0.3 is 15.0 Å². The van der Waals surface area contributed by atoms with Crippen molar-refractivity contribution in [3.8, 4) is 0 Å². The van der Waals surface area contributed by atoms with E-state index in [2.05, 4.69) is 59.0 Å². The van der Waals surface area contributed by atoms with Crippen molar-refractivity contribution in [2.75, 3.05) is 57.4 Å². The summed E-state index contributed by atoms with van der Waals surface area (Å²) in [7, 11) is 0. The lowest BCUT2D eigenvalue weighted by atomic mass is 9.90. The fourth-order valence-electron chi connectivity index (χ4n) is 6.84. The molecule has 6 rings (SSSR count). The van der Waals surface area contributed by atoms with Gasteiger partial charge in [-0.05, 0) is 37.1 Å². The van der Waals surface area contributed by atoms with Gasteiger partial charge >= 0.3 is 0 Å². The summed E-state index contributed by atoms with van der Waals surface area (Å²) < 4.78 is 21.2. The zero-order chi connectivity index (χ0) is 28.7. The Bertz CT molecular complexity index is 1390. The van der Waals surface area contributed by atoms with Crippen molar-refractivity contribution >= 4 is 17.2 Å². The van der Waals surface area contributed by atoms with Crippen molar-refractivity contribution in [2.45, 2.75) is 64.1 Å². The second-order valence-corrected chi connectivity index (χ2v) is 12.6. The van der Waals surface area contributed by atoms with E-state index in [1.54, 1.807) is 18.5 Å². The maximum Gasteiger partial charge on any atom is 0.241 e. The zero-order valence-electron chi connectivity index (χ0n) is 24.6. The van der Waals surface area contributed by atoms with Gasteiger partial charge in [-0.15, -0.1) is 0 Å². The summed E-state index contributed by atoms with van der Waals surface area (Å²) in [5, 5.41) is 8.23. The molecule has 1 amide bonds. The predicted molar refractivity (Wildman–Crippen MR) is 157 cm³/mol. The van der Waals surface area contributed by atoms with Gasteiger partial charge in [-0.3, -0.25) is 14.6 Å². The molecule has 0 bridgehead atoms. The number of rotatable bonds is 7. The number of ether oxygens (including phenoxy) is 1. The molecular weight excluding hydrogens is 521 g/mol. The standard InChI is InChI=1S/C31H42FN7O2/c1-5-25-18-41-11-10-36(25)16-26-14-33-21(2)15-37(26)17-28(40)38-19-31(3,4)29-27(38)13-23(30-34-20-35-39(29)30)12-22-6-8-24(32)9-7-22/h6-9,13,20-21,25-26,33H,5,10-12,14-19H2,1-4H3/t21-,25-,26-/m1/s1. The van der Waals surface area contributed by atoms with E-state index in [0.717, 1.165) is 74.0 Å². The summed E-state index contributed by atoms with van der Waals surface area (Å²) in [6, 6.07) is 9.66. The van der Waals surface area contributed by atoms with Crippen molar-refractivity contribution < 1.29 is 13.9 Å². The van der Waals surface area contributed by atoms with Crippen molar-refractivity contribution in [3.05, 3.63) is 59.3 Å². The summed E-state index contributed by atoms with van der Waals surface area (Å²) in [5.74, 6) is -0.148. The molecule has 0 unspecified atom stereocenters. The highest BCUT2D eigenvalue weighted by atomic mass is 19.1. The molecule has 2 aromatic heterocycles. The Morgan fingerprint density at radius 3 is 2.78 bits per heavy atom. The Balaban J connectivity index is 1.27. The minimum atomic E-state index is -0.288. The smallest absolute Gasteiger partial charge is 0.241 e. The SMILES string of the molecule is CC[C@@H]1COCCN1C[C@H]1CN[C@H](C)CN1CC(=O)N1CC(C)(C)c2c1cc(Cc1ccc(F)cc1)c1ncnn21. The van der Waals surface area contributed by atoms with Crippen LogP contribution in [-0.4, -0.2) is 101 Å².